The topological polar surface area (TPSA) is 110 Å². The average Bonchev–Trinajstić information content (AvgIpc) is 2.52. The largest absolute Gasteiger partial charge is 0.478 e. The van der Waals surface area contributed by atoms with Crippen LogP contribution in [-0.2, 0) is 15.8 Å². The molecule has 1 unspecified atom stereocenters. The van der Waals surface area contributed by atoms with Crippen LogP contribution in [0.25, 0.3) is 0 Å². The van der Waals surface area contributed by atoms with Crippen molar-refractivity contribution in [3.05, 3.63) is 57.9 Å². The van der Waals surface area contributed by atoms with E-state index in [-0.39, 0.29) is 5.70 Å². The van der Waals surface area contributed by atoms with E-state index in [9.17, 15) is 33.0 Å². The fraction of sp³-hybridized carbons (Fsp3) is 0.188. The van der Waals surface area contributed by atoms with Crippen LogP contribution >= 0.6 is 0 Å². The Kier molecular flexibility index (Phi) is 4.56. The summed E-state index contributed by atoms with van der Waals surface area (Å²) < 4.78 is 40.0. The zero-order chi connectivity index (χ0) is 18.9. The molecule has 25 heavy (non-hydrogen) atoms. The van der Waals surface area contributed by atoms with Crippen molar-refractivity contribution in [2.45, 2.75) is 19.0 Å². The number of allylic oxidation sites excluding steroid dienone is 2. The van der Waals surface area contributed by atoms with Crippen LogP contribution in [0.5, 0.6) is 0 Å². The van der Waals surface area contributed by atoms with Crippen LogP contribution in [0.3, 0.4) is 0 Å². The Bertz CT molecular complexity index is 863. The van der Waals surface area contributed by atoms with Gasteiger partial charge in [0, 0.05) is 5.70 Å². The first-order valence-corrected chi connectivity index (χ1v) is 6.84. The fourth-order valence-corrected chi connectivity index (χ4v) is 2.75. The van der Waals surface area contributed by atoms with Crippen LogP contribution in [-0.4, -0.2) is 22.2 Å². The zero-order valence-electron chi connectivity index (χ0n) is 12.7. The first-order valence-electron chi connectivity index (χ1n) is 6.84. The molecule has 1 aromatic carbocycles. The zero-order valence-corrected chi connectivity index (χ0v) is 12.7. The standard InChI is InChI=1S/C16H11F3N2O4/c1-7-11(14(22)23)12(13(15(24)25)10(6-20)21-7)8-4-2-3-5-9(8)16(17,18)19/h2-5,12,21H,1H3,(H,22,23)(H,24,25). The second kappa shape index (κ2) is 6.32. The minimum Gasteiger partial charge on any atom is -0.478 e. The second-order valence-electron chi connectivity index (χ2n) is 5.19. The summed E-state index contributed by atoms with van der Waals surface area (Å²) in [7, 11) is 0. The normalized spacial score (nSPS) is 17.8. The maximum Gasteiger partial charge on any atom is 0.416 e. The second-order valence-corrected chi connectivity index (χ2v) is 5.19. The Morgan fingerprint density at radius 1 is 1.16 bits per heavy atom. The van der Waals surface area contributed by atoms with Crippen LogP contribution in [0.4, 0.5) is 13.2 Å². The van der Waals surface area contributed by atoms with Crippen molar-refractivity contribution in [2.75, 3.05) is 0 Å². The molecule has 0 saturated heterocycles. The number of hydrogen-bond donors (Lipinski definition) is 3. The molecule has 3 N–H and O–H groups in total. The third kappa shape index (κ3) is 3.19. The van der Waals surface area contributed by atoms with E-state index < -0.39 is 52.0 Å². The Labute approximate surface area is 139 Å². The van der Waals surface area contributed by atoms with E-state index in [1.807, 2.05) is 0 Å². The molecule has 0 amide bonds. The van der Waals surface area contributed by atoms with Crippen molar-refractivity contribution in [2.24, 2.45) is 0 Å². The summed E-state index contributed by atoms with van der Waals surface area (Å²) in [5.74, 6) is -5.01. The molecule has 0 spiro atoms. The van der Waals surface area contributed by atoms with Gasteiger partial charge < -0.3 is 15.5 Å². The number of nitrogens with zero attached hydrogens (tertiary/aromatic N) is 1. The molecule has 1 aliphatic rings. The lowest BCUT2D eigenvalue weighted by Gasteiger charge is -2.29. The molecule has 1 atom stereocenters. The Hall–Kier alpha value is -3.28. The van der Waals surface area contributed by atoms with E-state index in [2.05, 4.69) is 5.32 Å². The number of dihydropyridines is 1. The van der Waals surface area contributed by atoms with Crippen molar-refractivity contribution in [3.8, 4) is 6.07 Å². The molecular weight excluding hydrogens is 341 g/mol. The molecule has 130 valence electrons. The SMILES string of the molecule is CC1=C(C(=O)O)C(c2ccccc2C(F)(F)F)C(C(=O)O)=C(C#N)N1. The van der Waals surface area contributed by atoms with E-state index in [1.165, 1.54) is 13.0 Å². The number of hydrogen-bond acceptors (Lipinski definition) is 4. The number of halogens is 3. The van der Waals surface area contributed by atoms with Crippen molar-refractivity contribution in [1.82, 2.24) is 5.32 Å². The number of nitrogens with one attached hydrogen (secondary N) is 1. The lowest BCUT2D eigenvalue weighted by atomic mass is 9.78. The monoisotopic (exact) mass is 352 g/mol. The van der Waals surface area contributed by atoms with Crippen molar-refractivity contribution in [1.29, 1.82) is 5.26 Å². The van der Waals surface area contributed by atoms with Gasteiger partial charge >= 0.3 is 18.1 Å². The lowest BCUT2D eigenvalue weighted by Crippen LogP contribution is -2.32. The highest BCUT2D eigenvalue weighted by Crippen LogP contribution is 2.43. The number of aliphatic carboxylic acids is 2. The molecule has 9 heteroatoms. The molecule has 0 bridgehead atoms. The van der Waals surface area contributed by atoms with Gasteiger partial charge in [-0.25, -0.2) is 9.59 Å². The van der Waals surface area contributed by atoms with Gasteiger partial charge in [-0.1, -0.05) is 18.2 Å². The van der Waals surface area contributed by atoms with E-state index in [0.717, 1.165) is 18.2 Å². The molecule has 6 nitrogen and oxygen atoms in total. The van der Waals surface area contributed by atoms with Crippen LogP contribution in [0.2, 0.25) is 0 Å². The van der Waals surface area contributed by atoms with Gasteiger partial charge in [-0.15, -0.1) is 0 Å². The Balaban J connectivity index is 2.88. The summed E-state index contributed by atoms with van der Waals surface area (Å²) >= 11 is 0. The Morgan fingerprint density at radius 3 is 2.20 bits per heavy atom. The van der Waals surface area contributed by atoms with Gasteiger partial charge in [-0.05, 0) is 18.6 Å². The summed E-state index contributed by atoms with van der Waals surface area (Å²) in [6, 6.07) is 5.66. The van der Waals surface area contributed by atoms with E-state index >= 15 is 0 Å². The number of benzene rings is 1. The first kappa shape index (κ1) is 18.1. The summed E-state index contributed by atoms with van der Waals surface area (Å²) in [5.41, 5.74) is -3.62. The highest BCUT2D eigenvalue weighted by Gasteiger charge is 2.43. The van der Waals surface area contributed by atoms with Gasteiger partial charge in [0.25, 0.3) is 0 Å². The number of alkyl halides is 3. The van der Waals surface area contributed by atoms with Gasteiger partial charge in [0.2, 0.25) is 0 Å². The lowest BCUT2D eigenvalue weighted by molar-refractivity contribution is -0.139. The molecule has 1 aromatic rings. The van der Waals surface area contributed by atoms with Gasteiger partial charge in [0.05, 0.1) is 22.6 Å². The molecule has 1 aliphatic heterocycles. The third-order valence-corrected chi connectivity index (χ3v) is 3.71. The summed E-state index contributed by atoms with van der Waals surface area (Å²) in [5, 5.41) is 30.3. The maximum atomic E-state index is 13.3. The fourth-order valence-electron chi connectivity index (χ4n) is 2.75. The highest BCUT2D eigenvalue weighted by molar-refractivity contribution is 5.99. The van der Waals surface area contributed by atoms with Crippen molar-refractivity contribution in [3.63, 3.8) is 0 Å². The molecule has 0 radical (unpaired) electrons. The van der Waals surface area contributed by atoms with Gasteiger partial charge in [-0.2, -0.15) is 18.4 Å². The highest BCUT2D eigenvalue weighted by atomic mass is 19.4. The quantitative estimate of drug-likeness (QED) is 0.771. The first-order chi connectivity index (χ1) is 11.6. The van der Waals surface area contributed by atoms with Crippen LogP contribution < -0.4 is 5.32 Å². The third-order valence-electron chi connectivity index (χ3n) is 3.71. The van der Waals surface area contributed by atoms with E-state index in [0.29, 0.717) is 0 Å². The van der Waals surface area contributed by atoms with Gasteiger partial charge in [0.1, 0.15) is 11.8 Å². The molecule has 1 heterocycles. The maximum absolute atomic E-state index is 13.3. The average molecular weight is 352 g/mol. The molecule has 0 saturated carbocycles. The summed E-state index contributed by atoms with van der Waals surface area (Å²) in [6.45, 7) is 1.25. The summed E-state index contributed by atoms with van der Waals surface area (Å²) in [4.78, 5) is 23.2. The molecule has 0 aromatic heterocycles. The number of nitriles is 1. The van der Waals surface area contributed by atoms with Crippen molar-refractivity contribution >= 4 is 11.9 Å². The summed E-state index contributed by atoms with van der Waals surface area (Å²) in [6.07, 6.45) is -4.82. The smallest absolute Gasteiger partial charge is 0.416 e. The molecule has 0 fully saturated rings. The number of carboxylic acid groups (broad SMARTS) is 2. The van der Waals surface area contributed by atoms with Gasteiger partial charge in [-0.3, -0.25) is 0 Å². The van der Waals surface area contributed by atoms with Crippen LogP contribution in [0.1, 0.15) is 24.0 Å². The minimum absolute atomic E-state index is 0.101. The van der Waals surface area contributed by atoms with Crippen LogP contribution in [0.15, 0.2) is 46.8 Å². The van der Waals surface area contributed by atoms with Gasteiger partial charge in [0.15, 0.2) is 0 Å². The molecular formula is C16H11F3N2O4. The van der Waals surface area contributed by atoms with Crippen LogP contribution in [0, 0.1) is 11.3 Å². The predicted molar refractivity (Wildman–Crippen MR) is 77.9 cm³/mol. The predicted octanol–water partition coefficient (Wildman–Crippen LogP) is 2.61. The van der Waals surface area contributed by atoms with E-state index in [1.54, 1.807) is 6.07 Å². The molecule has 2 rings (SSSR count). The van der Waals surface area contributed by atoms with E-state index in [4.69, 9.17) is 5.26 Å². The number of carboxylic acids is 2. The number of carbonyl (C=O) groups is 2. The molecule has 0 aliphatic carbocycles. The van der Waals surface area contributed by atoms with Crippen molar-refractivity contribution < 1.29 is 33.0 Å². The Morgan fingerprint density at radius 2 is 1.72 bits per heavy atom. The number of rotatable bonds is 3. The minimum atomic E-state index is -4.82.